The second kappa shape index (κ2) is 4.93. The number of aromatic nitrogens is 2. The fourth-order valence-electron chi connectivity index (χ4n) is 1.30. The standard InChI is InChI=1S/C10H16N2O3/c1-4-12-8(6-15-7(2)3)5-11-9(12)10(13)14/h5,7H,4,6H2,1-3H3,(H,13,14). The number of ether oxygens (including phenoxy) is 1. The number of carboxylic acid groups (broad SMARTS) is 1. The molecule has 0 spiro atoms. The normalized spacial score (nSPS) is 10.9. The first kappa shape index (κ1) is 11.7. The molecular formula is C10H16N2O3. The van der Waals surface area contributed by atoms with Gasteiger partial charge in [-0.15, -0.1) is 0 Å². The number of rotatable bonds is 5. The summed E-state index contributed by atoms with van der Waals surface area (Å²) >= 11 is 0. The van der Waals surface area contributed by atoms with Crippen LogP contribution in [-0.4, -0.2) is 26.7 Å². The molecule has 0 saturated heterocycles. The lowest BCUT2D eigenvalue weighted by atomic mass is 10.4. The number of hydrogen-bond acceptors (Lipinski definition) is 3. The fraction of sp³-hybridized carbons (Fsp3) is 0.600. The average molecular weight is 212 g/mol. The van der Waals surface area contributed by atoms with Gasteiger partial charge in [-0.1, -0.05) is 0 Å². The predicted molar refractivity (Wildman–Crippen MR) is 54.8 cm³/mol. The first-order chi connectivity index (χ1) is 7.06. The van der Waals surface area contributed by atoms with E-state index in [1.54, 1.807) is 10.8 Å². The molecule has 1 rings (SSSR count). The molecule has 0 aromatic carbocycles. The van der Waals surface area contributed by atoms with E-state index < -0.39 is 5.97 Å². The molecule has 1 aromatic heterocycles. The van der Waals surface area contributed by atoms with Gasteiger partial charge in [0.2, 0.25) is 5.82 Å². The zero-order chi connectivity index (χ0) is 11.4. The highest BCUT2D eigenvalue weighted by Gasteiger charge is 2.14. The topological polar surface area (TPSA) is 64.4 Å². The SMILES string of the molecule is CCn1c(COC(C)C)cnc1C(=O)O. The summed E-state index contributed by atoms with van der Waals surface area (Å²) in [6.07, 6.45) is 1.67. The van der Waals surface area contributed by atoms with Gasteiger partial charge in [-0.05, 0) is 20.8 Å². The Morgan fingerprint density at radius 3 is 2.80 bits per heavy atom. The summed E-state index contributed by atoms with van der Waals surface area (Å²) < 4.78 is 7.05. The second-order valence-electron chi connectivity index (χ2n) is 3.48. The number of imidazole rings is 1. The summed E-state index contributed by atoms with van der Waals surface area (Å²) in [5.74, 6) is -0.937. The van der Waals surface area contributed by atoms with Crippen LogP contribution in [0.2, 0.25) is 0 Å². The van der Waals surface area contributed by atoms with E-state index in [2.05, 4.69) is 4.98 Å². The van der Waals surface area contributed by atoms with Crippen LogP contribution in [0.15, 0.2) is 6.20 Å². The molecule has 0 aliphatic heterocycles. The Morgan fingerprint density at radius 2 is 2.33 bits per heavy atom. The highest BCUT2D eigenvalue weighted by molar-refractivity contribution is 5.83. The van der Waals surface area contributed by atoms with Crippen molar-refractivity contribution in [3.05, 3.63) is 17.7 Å². The minimum absolute atomic E-state index is 0.0693. The number of nitrogens with zero attached hydrogens (tertiary/aromatic N) is 2. The minimum Gasteiger partial charge on any atom is -0.475 e. The first-order valence-corrected chi connectivity index (χ1v) is 4.95. The van der Waals surface area contributed by atoms with Crippen LogP contribution in [0.3, 0.4) is 0 Å². The lowest BCUT2D eigenvalue weighted by molar-refractivity contribution is 0.0607. The van der Waals surface area contributed by atoms with Crippen LogP contribution in [0.25, 0.3) is 0 Å². The summed E-state index contributed by atoms with van der Waals surface area (Å²) in [4.78, 5) is 14.7. The zero-order valence-electron chi connectivity index (χ0n) is 9.23. The van der Waals surface area contributed by atoms with Crippen LogP contribution in [0.1, 0.15) is 37.1 Å². The number of hydrogen-bond donors (Lipinski definition) is 1. The van der Waals surface area contributed by atoms with E-state index >= 15 is 0 Å². The molecule has 1 N–H and O–H groups in total. The van der Waals surface area contributed by atoms with E-state index in [1.807, 2.05) is 20.8 Å². The molecule has 5 nitrogen and oxygen atoms in total. The molecule has 15 heavy (non-hydrogen) atoms. The molecular weight excluding hydrogens is 196 g/mol. The van der Waals surface area contributed by atoms with Crippen molar-refractivity contribution in [2.24, 2.45) is 0 Å². The third-order valence-corrected chi connectivity index (χ3v) is 2.01. The van der Waals surface area contributed by atoms with E-state index in [4.69, 9.17) is 9.84 Å². The van der Waals surface area contributed by atoms with Crippen LogP contribution >= 0.6 is 0 Å². The Kier molecular flexibility index (Phi) is 3.85. The molecule has 5 heteroatoms. The molecule has 0 amide bonds. The summed E-state index contributed by atoms with van der Waals surface area (Å²) in [5, 5.41) is 8.86. The van der Waals surface area contributed by atoms with Gasteiger partial charge in [0.05, 0.1) is 24.6 Å². The smallest absolute Gasteiger partial charge is 0.372 e. The van der Waals surface area contributed by atoms with Gasteiger partial charge >= 0.3 is 5.97 Å². The van der Waals surface area contributed by atoms with Gasteiger partial charge in [0.1, 0.15) is 0 Å². The maximum atomic E-state index is 10.8. The zero-order valence-corrected chi connectivity index (χ0v) is 9.23. The Labute approximate surface area is 88.7 Å². The monoisotopic (exact) mass is 212 g/mol. The number of aromatic carboxylic acids is 1. The second-order valence-corrected chi connectivity index (χ2v) is 3.48. The molecule has 0 radical (unpaired) electrons. The lowest BCUT2D eigenvalue weighted by Crippen LogP contribution is -2.12. The van der Waals surface area contributed by atoms with Crippen molar-refractivity contribution < 1.29 is 14.6 Å². The fourth-order valence-corrected chi connectivity index (χ4v) is 1.30. The van der Waals surface area contributed by atoms with Crippen LogP contribution < -0.4 is 0 Å². The van der Waals surface area contributed by atoms with Gasteiger partial charge < -0.3 is 14.4 Å². The summed E-state index contributed by atoms with van der Waals surface area (Å²) in [6.45, 7) is 6.73. The maximum Gasteiger partial charge on any atom is 0.372 e. The van der Waals surface area contributed by atoms with Gasteiger partial charge in [-0.25, -0.2) is 9.78 Å². The largest absolute Gasteiger partial charge is 0.475 e. The van der Waals surface area contributed by atoms with Gasteiger partial charge in [0, 0.05) is 6.54 Å². The van der Waals surface area contributed by atoms with Crippen molar-refractivity contribution in [2.45, 2.75) is 40.0 Å². The van der Waals surface area contributed by atoms with Crippen molar-refractivity contribution in [2.75, 3.05) is 0 Å². The highest BCUT2D eigenvalue weighted by atomic mass is 16.5. The quantitative estimate of drug-likeness (QED) is 0.803. The molecule has 1 aromatic rings. The average Bonchev–Trinajstić information content (AvgIpc) is 2.57. The van der Waals surface area contributed by atoms with Crippen molar-refractivity contribution in [1.82, 2.24) is 9.55 Å². The molecule has 0 bridgehead atoms. The molecule has 0 aliphatic carbocycles. The van der Waals surface area contributed by atoms with Gasteiger partial charge in [0.15, 0.2) is 0 Å². The third-order valence-electron chi connectivity index (χ3n) is 2.01. The van der Waals surface area contributed by atoms with Gasteiger partial charge in [-0.2, -0.15) is 0 Å². The molecule has 0 aliphatic rings. The van der Waals surface area contributed by atoms with Gasteiger partial charge in [-0.3, -0.25) is 0 Å². The number of carboxylic acids is 1. The van der Waals surface area contributed by atoms with Crippen molar-refractivity contribution in [1.29, 1.82) is 0 Å². The Bertz CT molecular complexity index is 344. The van der Waals surface area contributed by atoms with E-state index in [1.165, 1.54) is 0 Å². The Hall–Kier alpha value is -1.36. The summed E-state index contributed by atoms with van der Waals surface area (Å²) in [6, 6.07) is 0. The summed E-state index contributed by atoms with van der Waals surface area (Å²) in [5.41, 5.74) is 0.795. The third kappa shape index (κ3) is 2.79. The molecule has 1 heterocycles. The molecule has 0 atom stereocenters. The van der Waals surface area contributed by atoms with E-state index in [0.717, 1.165) is 5.69 Å². The van der Waals surface area contributed by atoms with Crippen LogP contribution in [0.5, 0.6) is 0 Å². The predicted octanol–water partition coefficient (Wildman–Crippen LogP) is 1.53. The van der Waals surface area contributed by atoms with Gasteiger partial charge in [0.25, 0.3) is 0 Å². The Balaban J connectivity index is 2.84. The van der Waals surface area contributed by atoms with Crippen molar-refractivity contribution in [3.63, 3.8) is 0 Å². The maximum absolute atomic E-state index is 10.8. The van der Waals surface area contributed by atoms with E-state index in [0.29, 0.717) is 13.2 Å². The van der Waals surface area contributed by atoms with Crippen LogP contribution in [0.4, 0.5) is 0 Å². The van der Waals surface area contributed by atoms with Crippen molar-refractivity contribution in [3.8, 4) is 0 Å². The van der Waals surface area contributed by atoms with Crippen LogP contribution in [0, 0.1) is 0 Å². The van der Waals surface area contributed by atoms with E-state index in [9.17, 15) is 4.79 Å². The van der Waals surface area contributed by atoms with E-state index in [-0.39, 0.29) is 11.9 Å². The summed E-state index contributed by atoms with van der Waals surface area (Å²) in [7, 11) is 0. The molecule has 0 unspecified atom stereocenters. The Morgan fingerprint density at radius 1 is 1.67 bits per heavy atom. The highest BCUT2D eigenvalue weighted by Crippen LogP contribution is 2.08. The molecule has 0 saturated carbocycles. The molecule has 84 valence electrons. The lowest BCUT2D eigenvalue weighted by Gasteiger charge is -2.09. The minimum atomic E-state index is -1.01. The number of carbonyl (C=O) groups is 1. The van der Waals surface area contributed by atoms with Crippen LogP contribution in [-0.2, 0) is 17.9 Å². The van der Waals surface area contributed by atoms with Crippen molar-refractivity contribution >= 4 is 5.97 Å². The molecule has 0 fully saturated rings. The first-order valence-electron chi connectivity index (χ1n) is 4.95.